The van der Waals surface area contributed by atoms with Crippen molar-refractivity contribution < 1.29 is 4.79 Å². The summed E-state index contributed by atoms with van der Waals surface area (Å²) in [6.07, 6.45) is 4.16. The van der Waals surface area contributed by atoms with Gasteiger partial charge in [0.1, 0.15) is 0 Å². The van der Waals surface area contributed by atoms with Crippen molar-refractivity contribution in [2.75, 3.05) is 0 Å². The molecule has 0 bridgehead atoms. The average Bonchev–Trinajstić information content (AvgIpc) is 2.38. The number of carbonyl (C=O) groups is 1. The number of nitrogens with zero attached hydrogens (tertiary/aromatic N) is 1. The summed E-state index contributed by atoms with van der Waals surface area (Å²) in [6.45, 7) is 0. The highest BCUT2D eigenvalue weighted by Crippen LogP contribution is 2.15. The van der Waals surface area contributed by atoms with E-state index in [1.165, 1.54) is 5.56 Å². The molecular formula is C14H17N3O. The lowest BCUT2D eigenvalue weighted by Crippen LogP contribution is -2.36. The van der Waals surface area contributed by atoms with Gasteiger partial charge in [0.2, 0.25) is 5.91 Å². The third-order valence-corrected chi connectivity index (χ3v) is 3.01. The number of primary amides is 1. The van der Waals surface area contributed by atoms with E-state index in [0.29, 0.717) is 6.42 Å². The molecule has 1 aromatic heterocycles. The second-order valence-electron chi connectivity index (χ2n) is 4.43. The Morgan fingerprint density at radius 2 is 2.17 bits per heavy atom. The fraction of sp³-hybridized carbons (Fsp3) is 0.286. The first kappa shape index (κ1) is 12.5. The lowest BCUT2D eigenvalue weighted by Gasteiger charge is -2.07. The van der Waals surface area contributed by atoms with E-state index < -0.39 is 11.9 Å². The first-order valence-electron chi connectivity index (χ1n) is 6.05. The predicted molar refractivity (Wildman–Crippen MR) is 71.9 cm³/mol. The highest BCUT2D eigenvalue weighted by atomic mass is 16.1. The van der Waals surface area contributed by atoms with Crippen molar-refractivity contribution in [3.05, 3.63) is 42.1 Å². The fourth-order valence-corrected chi connectivity index (χ4v) is 1.95. The number of carbonyl (C=O) groups excluding carboxylic acids is 1. The number of fused-ring (bicyclic) bond motifs is 1. The zero-order valence-corrected chi connectivity index (χ0v) is 10.2. The van der Waals surface area contributed by atoms with Gasteiger partial charge in [-0.15, -0.1) is 0 Å². The van der Waals surface area contributed by atoms with Gasteiger partial charge in [0.05, 0.1) is 11.6 Å². The summed E-state index contributed by atoms with van der Waals surface area (Å²) in [5.41, 5.74) is 12.9. The third-order valence-electron chi connectivity index (χ3n) is 3.01. The summed E-state index contributed by atoms with van der Waals surface area (Å²) in [4.78, 5) is 15.1. The fourth-order valence-electron chi connectivity index (χ4n) is 1.95. The SMILES string of the molecule is NC(=O)[C@@H](N)CCCc1ccc2ncccc2c1. The number of aryl methyl sites for hydroxylation is 1. The van der Waals surface area contributed by atoms with Crippen LogP contribution in [0.4, 0.5) is 0 Å². The predicted octanol–water partition coefficient (Wildman–Crippen LogP) is 1.37. The van der Waals surface area contributed by atoms with E-state index in [1.807, 2.05) is 18.2 Å². The summed E-state index contributed by atoms with van der Waals surface area (Å²) in [5.74, 6) is -0.433. The molecule has 0 saturated carbocycles. The van der Waals surface area contributed by atoms with Gasteiger partial charge in [-0.1, -0.05) is 12.1 Å². The zero-order chi connectivity index (χ0) is 13.0. The first-order chi connectivity index (χ1) is 8.66. The van der Waals surface area contributed by atoms with Gasteiger partial charge in [-0.2, -0.15) is 0 Å². The van der Waals surface area contributed by atoms with Crippen LogP contribution < -0.4 is 11.5 Å². The van der Waals surface area contributed by atoms with Crippen LogP contribution in [0.2, 0.25) is 0 Å². The molecule has 1 amide bonds. The molecule has 2 aromatic rings. The minimum absolute atomic E-state index is 0.433. The van der Waals surface area contributed by atoms with Crippen molar-refractivity contribution >= 4 is 16.8 Å². The van der Waals surface area contributed by atoms with Gasteiger partial charge in [0.25, 0.3) is 0 Å². The number of aromatic nitrogens is 1. The molecule has 0 fully saturated rings. The Morgan fingerprint density at radius 1 is 1.33 bits per heavy atom. The Labute approximate surface area is 106 Å². The second kappa shape index (κ2) is 5.60. The van der Waals surface area contributed by atoms with Gasteiger partial charge in [0.15, 0.2) is 0 Å². The minimum Gasteiger partial charge on any atom is -0.368 e. The number of hydrogen-bond acceptors (Lipinski definition) is 3. The molecule has 2 rings (SSSR count). The van der Waals surface area contributed by atoms with E-state index >= 15 is 0 Å². The van der Waals surface area contributed by atoms with Gasteiger partial charge in [-0.25, -0.2) is 0 Å². The molecule has 0 aliphatic rings. The first-order valence-corrected chi connectivity index (χ1v) is 6.05. The number of amides is 1. The Kier molecular flexibility index (Phi) is 3.89. The third kappa shape index (κ3) is 3.05. The molecule has 4 N–H and O–H groups in total. The van der Waals surface area contributed by atoms with Crippen molar-refractivity contribution in [3.8, 4) is 0 Å². The molecular weight excluding hydrogens is 226 g/mol. The van der Waals surface area contributed by atoms with Gasteiger partial charge in [0, 0.05) is 11.6 Å². The smallest absolute Gasteiger partial charge is 0.234 e. The molecule has 1 aromatic carbocycles. The highest BCUT2D eigenvalue weighted by Gasteiger charge is 2.08. The van der Waals surface area contributed by atoms with E-state index in [-0.39, 0.29) is 0 Å². The summed E-state index contributed by atoms with van der Waals surface area (Å²) in [5, 5.41) is 1.13. The van der Waals surface area contributed by atoms with E-state index in [2.05, 4.69) is 17.1 Å². The van der Waals surface area contributed by atoms with Crippen LogP contribution in [0.5, 0.6) is 0 Å². The van der Waals surface area contributed by atoms with Crippen molar-refractivity contribution in [1.82, 2.24) is 4.98 Å². The van der Waals surface area contributed by atoms with Crippen LogP contribution in [-0.4, -0.2) is 16.9 Å². The Morgan fingerprint density at radius 3 is 2.94 bits per heavy atom. The van der Waals surface area contributed by atoms with Crippen LogP contribution in [0.1, 0.15) is 18.4 Å². The molecule has 1 atom stereocenters. The molecule has 4 heteroatoms. The maximum atomic E-state index is 10.8. The summed E-state index contributed by atoms with van der Waals surface area (Å²) < 4.78 is 0. The van der Waals surface area contributed by atoms with Crippen molar-refractivity contribution in [3.63, 3.8) is 0 Å². The zero-order valence-electron chi connectivity index (χ0n) is 10.2. The number of pyridine rings is 1. The number of benzene rings is 1. The summed E-state index contributed by atoms with van der Waals surface area (Å²) in [7, 11) is 0. The lowest BCUT2D eigenvalue weighted by molar-refractivity contribution is -0.119. The molecule has 0 saturated heterocycles. The largest absolute Gasteiger partial charge is 0.368 e. The summed E-state index contributed by atoms with van der Waals surface area (Å²) in [6, 6.07) is 9.63. The van der Waals surface area contributed by atoms with E-state index in [1.54, 1.807) is 6.20 Å². The molecule has 18 heavy (non-hydrogen) atoms. The molecule has 4 nitrogen and oxygen atoms in total. The second-order valence-corrected chi connectivity index (χ2v) is 4.43. The molecule has 0 unspecified atom stereocenters. The quantitative estimate of drug-likeness (QED) is 0.832. The maximum Gasteiger partial charge on any atom is 0.234 e. The van der Waals surface area contributed by atoms with Crippen LogP contribution in [0.3, 0.4) is 0 Å². The molecule has 94 valence electrons. The number of rotatable bonds is 5. The lowest BCUT2D eigenvalue weighted by atomic mass is 10.0. The van der Waals surface area contributed by atoms with Crippen LogP contribution in [0, 0.1) is 0 Å². The Balaban J connectivity index is 1.98. The Hall–Kier alpha value is -1.94. The molecule has 0 aliphatic carbocycles. The number of hydrogen-bond donors (Lipinski definition) is 2. The monoisotopic (exact) mass is 243 g/mol. The van der Waals surface area contributed by atoms with E-state index in [4.69, 9.17) is 11.5 Å². The number of nitrogens with two attached hydrogens (primary N) is 2. The van der Waals surface area contributed by atoms with E-state index in [0.717, 1.165) is 23.7 Å². The summed E-state index contributed by atoms with van der Waals surface area (Å²) >= 11 is 0. The van der Waals surface area contributed by atoms with Crippen LogP contribution in [-0.2, 0) is 11.2 Å². The average molecular weight is 243 g/mol. The van der Waals surface area contributed by atoms with Crippen molar-refractivity contribution in [2.45, 2.75) is 25.3 Å². The molecule has 0 radical (unpaired) electrons. The van der Waals surface area contributed by atoms with Crippen LogP contribution in [0.25, 0.3) is 10.9 Å². The Bertz CT molecular complexity index is 553. The van der Waals surface area contributed by atoms with Crippen molar-refractivity contribution in [1.29, 1.82) is 0 Å². The maximum absolute atomic E-state index is 10.8. The molecule has 0 spiro atoms. The standard InChI is InChI=1S/C14H17N3O/c15-12(14(16)18)5-1-3-10-6-7-13-11(9-10)4-2-8-17-13/h2,4,6-9,12H,1,3,5,15H2,(H2,16,18)/t12-/m0/s1. The molecule has 1 heterocycles. The van der Waals surface area contributed by atoms with Crippen LogP contribution in [0.15, 0.2) is 36.5 Å². The highest BCUT2D eigenvalue weighted by molar-refractivity contribution is 5.79. The normalized spacial score (nSPS) is 12.5. The van der Waals surface area contributed by atoms with E-state index in [9.17, 15) is 4.79 Å². The van der Waals surface area contributed by atoms with Gasteiger partial charge in [-0.3, -0.25) is 9.78 Å². The van der Waals surface area contributed by atoms with Gasteiger partial charge in [-0.05, 0) is 43.0 Å². The van der Waals surface area contributed by atoms with Crippen molar-refractivity contribution in [2.24, 2.45) is 11.5 Å². The topological polar surface area (TPSA) is 82.0 Å². The van der Waals surface area contributed by atoms with Gasteiger partial charge >= 0.3 is 0 Å². The minimum atomic E-state index is -0.535. The molecule has 0 aliphatic heterocycles. The van der Waals surface area contributed by atoms with Gasteiger partial charge < -0.3 is 11.5 Å². The van der Waals surface area contributed by atoms with Crippen LogP contribution >= 0.6 is 0 Å².